The molecule has 0 unspecified atom stereocenters. The molecule has 4 nitrogen and oxygen atoms in total. The fourth-order valence-corrected chi connectivity index (χ4v) is 2.87. The van der Waals surface area contributed by atoms with E-state index in [2.05, 4.69) is 4.90 Å². The Balaban J connectivity index is 1.75. The second-order valence-electron chi connectivity index (χ2n) is 5.66. The molecule has 1 aromatic carbocycles. The molecule has 1 aromatic rings. The Hall–Kier alpha value is -1.10. The van der Waals surface area contributed by atoms with Gasteiger partial charge in [0, 0.05) is 44.2 Å². The summed E-state index contributed by atoms with van der Waals surface area (Å²) in [5, 5.41) is 10.1. The second kappa shape index (κ2) is 7.78. The van der Waals surface area contributed by atoms with Crippen molar-refractivity contribution in [1.29, 1.82) is 0 Å². The van der Waals surface area contributed by atoms with Gasteiger partial charge in [-0.15, -0.1) is 0 Å². The van der Waals surface area contributed by atoms with Gasteiger partial charge in [0.05, 0.1) is 6.10 Å². The van der Waals surface area contributed by atoms with Crippen LogP contribution < -0.4 is 0 Å². The number of piperazine rings is 1. The molecule has 116 valence electrons. The first-order valence-corrected chi connectivity index (χ1v) is 7.85. The molecule has 1 heterocycles. The highest BCUT2D eigenvalue weighted by Gasteiger charge is 2.21. The lowest BCUT2D eigenvalue weighted by atomic mass is 10.1. The van der Waals surface area contributed by atoms with Crippen LogP contribution in [0.3, 0.4) is 0 Å². The van der Waals surface area contributed by atoms with Crippen LogP contribution in [0.25, 0.3) is 0 Å². The maximum atomic E-state index is 12.2. The average Bonchev–Trinajstić information content (AvgIpc) is 2.45. The van der Waals surface area contributed by atoms with Crippen molar-refractivity contribution in [2.24, 2.45) is 0 Å². The van der Waals surface area contributed by atoms with Crippen LogP contribution in [0.1, 0.15) is 18.9 Å². The molecule has 1 N–H and O–H groups in total. The molecule has 0 radical (unpaired) electrons. The molecule has 1 aliphatic heterocycles. The summed E-state index contributed by atoms with van der Waals surface area (Å²) < 4.78 is 0. The normalized spacial score (nSPS) is 17.8. The summed E-state index contributed by atoms with van der Waals surface area (Å²) in [4.78, 5) is 16.3. The fraction of sp³-hybridized carbons (Fsp3) is 0.562. The number of amides is 1. The third kappa shape index (κ3) is 5.30. The largest absolute Gasteiger partial charge is 0.392 e. The SMILES string of the molecule is C[C@H](O)CN1CCN(C(=O)CCc2cccc(Cl)c2)CC1. The Morgan fingerprint density at radius 1 is 1.33 bits per heavy atom. The molecular weight excluding hydrogens is 288 g/mol. The van der Waals surface area contributed by atoms with Crippen molar-refractivity contribution in [3.05, 3.63) is 34.9 Å². The molecule has 1 aliphatic rings. The van der Waals surface area contributed by atoms with Crippen molar-refractivity contribution < 1.29 is 9.90 Å². The first kappa shape index (κ1) is 16.3. The molecule has 0 aromatic heterocycles. The molecule has 21 heavy (non-hydrogen) atoms. The Bertz CT molecular complexity index is 471. The van der Waals surface area contributed by atoms with Crippen molar-refractivity contribution >= 4 is 17.5 Å². The lowest BCUT2D eigenvalue weighted by Gasteiger charge is -2.35. The van der Waals surface area contributed by atoms with E-state index in [4.69, 9.17) is 11.6 Å². The molecule has 0 saturated carbocycles. The van der Waals surface area contributed by atoms with E-state index in [1.807, 2.05) is 29.2 Å². The van der Waals surface area contributed by atoms with Gasteiger partial charge in [0.15, 0.2) is 0 Å². The number of β-amino-alcohol motifs (C(OH)–C–C–N with tert-alkyl or cyclic N) is 1. The predicted octanol–water partition coefficient (Wildman–Crippen LogP) is 1.80. The third-order valence-electron chi connectivity index (χ3n) is 3.76. The quantitative estimate of drug-likeness (QED) is 0.902. The van der Waals surface area contributed by atoms with Crippen LogP contribution in [0.2, 0.25) is 5.02 Å². The summed E-state index contributed by atoms with van der Waals surface area (Å²) in [6.07, 6.45) is 0.944. The van der Waals surface area contributed by atoms with Gasteiger partial charge in [-0.25, -0.2) is 0 Å². The van der Waals surface area contributed by atoms with Crippen LogP contribution in [0.5, 0.6) is 0 Å². The minimum absolute atomic E-state index is 0.201. The zero-order chi connectivity index (χ0) is 15.2. The van der Waals surface area contributed by atoms with Gasteiger partial charge in [0.1, 0.15) is 0 Å². The monoisotopic (exact) mass is 310 g/mol. The summed E-state index contributed by atoms with van der Waals surface area (Å²) >= 11 is 5.95. The van der Waals surface area contributed by atoms with Crippen molar-refractivity contribution in [2.75, 3.05) is 32.7 Å². The van der Waals surface area contributed by atoms with Crippen LogP contribution in [0, 0.1) is 0 Å². The number of halogens is 1. The van der Waals surface area contributed by atoms with Gasteiger partial charge in [-0.1, -0.05) is 23.7 Å². The first-order chi connectivity index (χ1) is 10.0. The highest BCUT2D eigenvalue weighted by Crippen LogP contribution is 2.13. The molecule has 2 rings (SSSR count). The highest BCUT2D eigenvalue weighted by molar-refractivity contribution is 6.30. The third-order valence-corrected chi connectivity index (χ3v) is 4.00. The second-order valence-corrected chi connectivity index (χ2v) is 6.10. The Morgan fingerprint density at radius 3 is 2.67 bits per heavy atom. The maximum Gasteiger partial charge on any atom is 0.222 e. The van der Waals surface area contributed by atoms with Crippen molar-refractivity contribution in [3.8, 4) is 0 Å². The van der Waals surface area contributed by atoms with Crippen molar-refractivity contribution in [3.63, 3.8) is 0 Å². The number of aliphatic hydroxyl groups is 1. The molecule has 0 aliphatic carbocycles. The number of benzene rings is 1. The molecule has 5 heteroatoms. The van der Waals surface area contributed by atoms with Crippen molar-refractivity contribution in [1.82, 2.24) is 9.80 Å². The number of aryl methyl sites for hydroxylation is 1. The Morgan fingerprint density at radius 2 is 2.05 bits per heavy atom. The molecule has 0 spiro atoms. The smallest absolute Gasteiger partial charge is 0.222 e. The first-order valence-electron chi connectivity index (χ1n) is 7.47. The highest BCUT2D eigenvalue weighted by atomic mass is 35.5. The van der Waals surface area contributed by atoms with E-state index < -0.39 is 0 Å². The van der Waals surface area contributed by atoms with Crippen LogP contribution in [-0.2, 0) is 11.2 Å². The summed E-state index contributed by atoms with van der Waals surface area (Å²) in [5.41, 5.74) is 1.10. The van der Waals surface area contributed by atoms with Gasteiger partial charge in [-0.05, 0) is 31.0 Å². The standard InChI is InChI=1S/C16H23ClN2O2/c1-13(20)12-18-7-9-19(10-8-18)16(21)6-5-14-3-2-4-15(17)11-14/h2-4,11,13,20H,5-10,12H2,1H3/t13-/m0/s1. The predicted molar refractivity (Wildman–Crippen MR) is 84.5 cm³/mol. The van der Waals surface area contributed by atoms with Gasteiger partial charge in [-0.3, -0.25) is 9.69 Å². The van der Waals surface area contributed by atoms with Gasteiger partial charge in [-0.2, -0.15) is 0 Å². The molecule has 0 bridgehead atoms. The number of hydrogen-bond donors (Lipinski definition) is 1. The van der Waals surface area contributed by atoms with Crippen molar-refractivity contribution in [2.45, 2.75) is 25.9 Å². The van der Waals surface area contributed by atoms with Crippen LogP contribution in [0.15, 0.2) is 24.3 Å². The number of carbonyl (C=O) groups excluding carboxylic acids is 1. The fourth-order valence-electron chi connectivity index (χ4n) is 2.66. The van der Waals surface area contributed by atoms with Gasteiger partial charge < -0.3 is 10.0 Å². The van der Waals surface area contributed by atoms with Gasteiger partial charge in [0.25, 0.3) is 0 Å². The molecule has 1 saturated heterocycles. The van der Waals surface area contributed by atoms with E-state index >= 15 is 0 Å². The zero-order valence-corrected chi connectivity index (χ0v) is 13.2. The van der Waals surface area contributed by atoms with E-state index in [0.29, 0.717) is 18.0 Å². The number of nitrogens with zero attached hydrogens (tertiary/aromatic N) is 2. The number of rotatable bonds is 5. The van der Waals surface area contributed by atoms with E-state index in [1.165, 1.54) is 0 Å². The summed E-state index contributed by atoms with van der Waals surface area (Å²) in [7, 11) is 0. The minimum atomic E-state index is -0.310. The lowest BCUT2D eigenvalue weighted by molar-refractivity contribution is -0.133. The number of carbonyl (C=O) groups is 1. The molecule has 1 atom stereocenters. The summed E-state index contributed by atoms with van der Waals surface area (Å²) in [6.45, 7) is 5.66. The van der Waals surface area contributed by atoms with Gasteiger partial charge >= 0.3 is 0 Å². The van der Waals surface area contributed by atoms with Crippen LogP contribution in [0.4, 0.5) is 0 Å². The molecular formula is C16H23ClN2O2. The molecule has 1 amide bonds. The van der Waals surface area contributed by atoms with Gasteiger partial charge in [0.2, 0.25) is 5.91 Å². The number of hydrogen-bond acceptors (Lipinski definition) is 3. The summed E-state index contributed by atoms with van der Waals surface area (Å²) in [6, 6.07) is 7.67. The maximum absolute atomic E-state index is 12.2. The molecule has 1 fully saturated rings. The van der Waals surface area contributed by atoms with E-state index in [9.17, 15) is 9.90 Å². The topological polar surface area (TPSA) is 43.8 Å². The lowest BCUT2D eigenvalue weighted by Crippen LogP contribution is -2.50. The average molecular weight is 311 g/mol. The number of aliphatic hydroxyl groups excluding tert-OH is 1. The van der Waals surface area contributed by atoms with E-state index in [1.54, 1.807) is 6.92 Å². The Labute approximate surface area is 131 Å². The summed E-state index contributed by atoms with van der Waals surface area (Å²) in [5.74, 6) is 0.201. The Kier molecular flexibility index (Phi) is 6.03. The zero-order valence-electron chi connectivity index (χ0n) is 12.5. The van der Waals surface area contributed by atoms with Crippen LogP contribution in [-0.4, -0.2) is 59.6 Å². The van der Waals surface area contributed by atoms with E-state index in [0.717, 1.165) is 38.2 Å². The minimum Gasteiger partial charge on any atom is -0.392 e. The van der Waals surface area contributed by atoms with E-state index in [-0.39, 0.29) is 12.0 Å². The van der Waals surface area contributed by atoms with Crippen LogP contribution >= 0.6 is 11.6 Å².